The number of carbonyl (C=O) groups is 1. The summed E-state index contributed by atoms with van der Waals surface area (Å²) in [5.41, 5.74) is 0.560. The molecule has 0 spiro atoms. The normalized spacial score (nSPS) is 12.0. The molecular weight excluding hydrogens is 249 g/mol. The number of aromatic carboxylic acids is 1. The summed E-state index contributed by atoms with van der Waals surface area (Å²) in [6.45, 7) is 0.423. The van der Waals surface area contributed by atoms with Crippen molar-refractivity contribution in [2.75, 3.05) is 0 Å². The summed E-state index contributed by atoms with van der Waals surface area (Å²) >= 11 is 0. The number of rotatable bonds is 2. The lowest BCUT2D eigenvalue weighted by atomic mass is 10.1. The van der Waals surface area contributed by atoms with Gasteiger partial charge in [-0.3, -0.25) is 4.68 Å². The third-order valence-corrected chi connectivity index (χ3v) is 2.44. The number of carboxylic acid groups (broad SMARTS) is 1. The molecule has 0 unspecified atom stereocenters. The molecule has 1 heterocycles. The van der Waals surface area contributed by atoms with Crippen molar-refractivity contribution in [3.8, 4) is 0 Å². The van der Waals surface area contributed by atoms with Gasteiger partial charge in [0.25, 0.3) is 0 Å². The molecule has 0 saturated heterocycles. The van der Waals surface area contributed by atoms with Crippen LogP contribution in [0.5, 0.6) is 0 Å². The van der Waals surface area contributed by atoms with Gasteiger partial charge in [-0.05, 0) is 19.1 Å². The smallest absolute Gasteiger partial charge is 0.408 e. The van der Waals surface area contributed by atoms with Crippen LogP contribution in [-0.2, 0) is 6.54 Å². The Morgan fingerprint density at radius 1 is 1.44 bits per heavy atom. The third-order valence-electron chi connectivity index (χ3n) is 2.44. The second-order valence-electron chi connectivity index (χ2n) is 3.95. The minimum absolute atomic E-state index is 0.162. The van der Waals surface area contributed by atoms with Gasteiger partial charge in [-0.25, -0.2) is 4.79 Å². The molecule has 1 N–H and O–H groups in total. The van der Waals surface area contributed by atoms with Crippen LogP contribution in [0.1, 0.15) is 16.1 Å². The first-order valence-electron chi connectivity index (χ1n) is 5.05. The maximum absolute atomic E-state index is 12.4. The number of hydrogen-bond acceptors (Lipinski definition) is 2. The highest BCUT2D eigenvalue weighted by atomic mass is 19.4. The number of carboxylic acids is 1. The molecule has 2 rings (SSSR count). The van der Waals surface area contributed by atoms with Gasteiger partial charge in [-0.1, -0.05) is 11.6 Å². The van der Waals surface area contributed by atoms with E-state index in [1.54, 1.807) is 13.0 Å². The SMILES string of the molecule is Cc1ccc2c(c1)c(C(=O)O)nn2CC(F)(F)F. The van der Waals surface area contributed by atoms with Gasteiger partial charge >= 0.3 is 12.1 Å². The second-order valence-corrected chi connectivity index (χ2v) is 3.95. The molecule has 0 aliphatic heterocycles. The Kier molecular flexibility index (Phi) is 2.76. The third kappa shape index (κ3) is 2.29. The lowest BCUT2D eigenvalue weighted by Gasteiger charge is -2.07. The summed E-state index contributed by atoms with van der Waals surface area (Å²) in [7, 11) is 0. The Balaban J connectivity index is 2.65. The van der Waals surface area contributed by atoms with Gasteiger partial charge in [0.1, 0.15) is 6.54 Å². The highest BCUT2D eigenvalue weighted by Gasteiger charge is 2.30. The van der Waals surface area contributed by atoms with E-state index in [9.17, 15) is 18.0 Å². The van der Waals surface area contributed by atoms with Gasteiger partial charge in [0.2, 0.25) is 0 Å². The molecule has 0 aliphatic carbocycles. The van der Waals surface area contributed by atoms with E-state index in [0.717, 1.165) is 5.56 Å². The largest absolute Gasteiger partial charge is 0.476 e. The first-order valence-corrected chi connectivity index (χ1v) is 5.05. The van der Waals surface area contributed by atoms with E-state index in [1.165, 1.54) is 12.1 Å². The standard InChI is InChI=1S/C11H9F3N2O2/c1-6-2-3-8-7(4-6)9(10(17)18)15-16(8)5-11(12,13)14/h2-4H,5H2,1H3,(H,17,18). The molecule has 7 heteroatoms. The Labute approximate surface area is 99.6 Å². The van der Waals surface area contributed by atoms with Gasteiger partial charge in [0.15, 0.2) is 5.69 Å². The van der Waals surface area contributed by atoms with E-state index in [2.05, 4.69) is 5.10 Å². The molecular formula is C11H9F3N2O2. The fraction of sp³-hybridized carbons (Fsp3) is 0.273. The summed E-state index contributed by atoms with van der Waals surface area (Å²) in [5.74, 6) is -1.34. The van der Waals surface area contributed by atoms with Crippen molar-refractivity contribution in [1.82, 2.24) is 9.78 Å². The molecule has 0 radical (unpaired) electrons. The molecule has 0 atom stereocenters. The van der Waals surface area contributed by atoms with Crippen molar-refractivity contribution in [3.05, 3.63) is 29.5 Å². The molecule has 2 aromatic rings. The molecule has 0 fully saturated rings. The minimum atomic E-state index is -4.44. The molecule has 1 aromatic heterocycles. The molecule has 0 amide bonds. The van der Waals surface area contributed by atoms with Gasteiger partial charge in [-0.15, -0.1) is 0 Å². The predicted octanol–water partition coefficient (Wildman–Crippen LogP) is 2.61. The first-order chi connectivity index (χ1) is 8.28. The quantitative estimate of drug-likeness (QED) is 0.900. The van der Waals surface area contributed by atoms with Crippen LogP contribution in [0.2, 0.25) is 0 Å². The maximum Gasteiger partial charge on any atom is 0.408 e. The van der Waals surface area contributed by atoms with E-state index >= 15 is 0 Å². The molecule has 96 valence electrons. The first kappa shape index (κ1) is 12.4. The zero-order chi connectivity index (χ0) is 13.5. The number of fused-ring (bicyclic) bond motifs is 1. The van der Waals surface area contributed by atoms with Crippen LogP contribution in [0.4, 0.5) is 13.2 Å². The van der Waals surface area contributed by atoms with Gasteiger partial charge in [0, 0.05) is 5.39 Å². The van der Waals surface area contributed by atoms with Crippen molar-refractivity contribution < 1.29 is 23.1 Å². The topological polar surface area (TPSA) is 55.1 Å². The van der Waals surface area contributed by atoms with Crippen LogP contribution in [0.15, 0.2) is 18.2 Å². The number of aromatic nitrogens is 2. The van der Waals surface area contributed by atoms with Crippen LogP contribution in [0, 0.1) is 6.92 Å². The average molecular weight is 258 g/mol. The van der Waals surface area contributed by atoms with E-state index in [4.69, 9.17) is 5.11 Å². The van der Waals surface area contributed by atoms with E-state index in [0.29, 0.717) is 4.68 Å². The van der Waals surface area contributed by atoms with Gasteiger partial charge in [0.05, 0.1) is 5.52 Å². The van der Waals surface area contributed by atoms with Crippen LogP contribution >= 0.6 is 0 Å². The Morgan fingerprint density at radius 2 is 2.11 bits per heavy atom. The summed E-state index contributed by atoms with van der Waals surface area (Å²) in [6, 6.07) is 4.57. The van der Waals surface area contributed by atoms with Crippen molar-refractivity contribution in [2.24, 2.45) is 0 Å². The fourth-order valence-electron chi connectivity index (χ4n) is 1.74. The summed E-state index contributed by atoms with van der Waals surface area (Å²) < 4.78 is 37.7. The molecule has 0 bridgehead atoms. The summed E-state index contributed by atoms with van der Waals surface area (Å²) in [5, 5.41) is 12.7. The molecule has 18 heavy (non-hydrogen) atoms. The fourth-order valence-corrected chi connectivity index (χ4v) is 1.74. The number of aryl methyl sites for hydroxylation is 1. The molecule has 4 nitrogen and oxygen atoms in total. The lowest BCUT2D eigenvalue weighted by molar-refractivity contribution is -0.141. The van der Waals surface area contributed by atoms with Crippen LogP contribution < -0.4 is 0 Å². The Morgan fingerprint density at radius 3 is 2.67 bits per heavy atom. The van der Waals surface area contributed by atoms with Gasteiger partial charge in [-0.2, -0.15) is 18.3 Å². The van der Waals surface area contributed by atoms with E-state index in [-0.39, 0.29) is 16.6 Å². The number of hydrogen-bond donors (Lipinski definition) is 1. The number of nitrogens with zero attached hydrogens (tertiary/aromatic N) is 2. The summed E-state index contributed by atoms with van der Waals surface area (Å²) in [6.07, 6.45) is -4.44. The Hall–Kier alpha value is -2.05. The number of halogens is 3. The molecule has 0 saturated carbocycles. The zero-order valence-corrected chi connectivity index (χ0v) is 9.32. The van der Waals surface area contributed by atoms with E-state index in [1.807, 2.05) is 0 Å². The second kappa shape index (κ2) is 4.01. The average Bonchev–Trinajstić information content (AvgIpc) is 2.54. The molecule has 0 aliphatic rings. The Bertz CT molecular complexity index is 617. The monoisotopic (exact) mass is 258 g/mol. The maximum atomic E-state index is 12.4. The highest BCUT2D eigenvalue weighted by molar-refractivity contribution is 6.01. The predicted molar refractivity (Wildman–Crippen MR) is 57.5 cm³/mol. The van der Waals surface area contributed by atoms with Crippen LogP contribution in [0.3, 0.4) is 0 Å². The lowest BCUT2D eigenvalue weighted by Crippen LogP contribution is -2.18. The van der Waals surface area contributed by atoms with Gasteiger partial charge < -0.3 is 5.11 Å². The van der Waals surface area contributed by atoms with Crippen LogP contribution in [-0.4, -0.2) is 27.0 Å². The van der Waals surface area contributed by atoms with Crippen molar-refractivity contribution >= 4 is 16.9 Å². The van der Waals surface area contributed by atoms with Crippen molar-refractivity contribution in [2.45, 2.75) is 19.6 Å². The molecule has 1 aromatic carbocycles. The van der Waals surface area contributed by atoms with Crippen molar-refractivity contribution in [3.63, 3.8) is 0 Å². The van der Waals surface area contributed by atoms with Crippen LogP contribution in [0.25, 0.3) is 10.9 Å². The minimum Gasteiger partial charge on any atom is -0.476 e. The van der Waals surface area contributed by atoms with Crippen molar-refractivity contribution in [1.29, 1.82) is 0 Å². The zero-order valence-electron chi connectivity index (χ0n) is 9.32. The summed E-state index contributed by atoms with van der Waals surface area (Å²) in [4.78, 5) is 10.9. The van der Waals surface area contributed by atoms with E-state index < -0.39 is 18.7 Å². The number of alkyl halides is 3. The number of benzene rings is 1. The highest BCUT2D eigenvalue weighted by Crippen LogP contribution is 2.24.